The lowest BCUT2D eigenvalue weighted by molar-refractivity contribution is -0.148. The van der Waals surface area contributed by atoms with E-state index in [9.17, 15) is 28.8 Å². The summed E-state index contributed by atoms with van der Waals surface area (Å²) in [5.41, 5.74) is -1.49. The van der Waals surface area contributed by atoms with Gasteiger partial charge in [0.2, 0.25) is 23.6 Å². The van der Waals surface area contributed by atoms with Crippen LogP contribution >= 0.6 is 0 Å². The SMILES string of the molecule is C[C@]12C=C[C@](C)(O1)[C@@H]1C(=O)N(CCC(=O)O)C(=O)[C@@H]12.O=C(O)CCN1C(=O)[C@@H]2[C@H](C1=O)[C@H]1C=C[C@H]2O1. The fourth-order valence-electron chi connectivity index (χ4n) is 6.31. The van der Waals surface area contributed by atoms with Crippen molar-refractivity contribution < 1.29 is 48.5 Å². The maximum atomic E-state index is 12.3. The first-order valence-corrected chi connectivity index (χ1v) is 11.8. The van der Waals surface area contributed by atoms with Gasteiger partial charge in [0, 0.05) is 13.1 Å². The van der Waals surface area contributed by atoms with E-state index in [1.807, 2.05) is 12.2 Å². The van der Waals surface area contributed by atoms with Crippen molar-refractivity contribution in [2.45, 2.75) is 50.1 Å². The lowest BCUT2D eigenvalue weighted by atomic mass is 9.73. The van der Waals surface area contributed by atoms with E-state index in [0.717, 1.165) is 9.80 Å². The highest BCUT2D eigenvalue weighted by Crippen LogP contribution is 2.57. The van der Waals surface area contributed by atoms with Gasteiger partial charge < -0.3 is 19.7 Å². The Balaban J connectivity index is 0.000000149. The molecule has 0 spiro atoms. The van der Waals surface area contributed by atoms with Gasteiger partial charge in [0.15, 0.2) is 0 Å². The molecule has 0 aromatic heterocycles. The molecule has 36 heavy (non-hydrogen) atoms. The van der Waals surface area contributed by atoms with Crippen molar-refractivity contribution in [3.05, 3.63) is 24.3 Å². The van der Waals surface area contributed by atoms with Crippen LogP contribution in [0.5, 0.6) is 0 Å². The van der Waals surface area contributed by atoms with Crippen molar-refractivity contribution in [3.8, 4) is 0 Å². The topological polar surface area (TPSA) is 168 Å². The van der Waals surface area contributed by atoms with Crippen LogP contribution in [0.15, 0.2) is 24.3 Å². The number of nitrogens with zero attached hydrogens (tertiary/aromatic N) is 2. The van der Waals surface area contributed by atoms with E-state index in [4.69, 9.17) is 19.7 Å². The van der Waals surface area contributed by atoms with Crippen molar-refractivity contribution in [2.24, 2.45) is 23.7 Å². The fraction of sp³-hybridized carbons (Fsp3) is 0.583. The molecule has 12 heteroatoms. The molecule has 0 aromatic carbocycles. The zero-order valence-electron chi connectivity index (χ0n) is 19.7. The molecular weight excluding hydrogens is 476 g/mol. The first-order chi connectivity index (χ1) is 16.9. The highest BCUT2D eigenvalue weighted by atomic mass is 16.5. The number of fused-ring (bicyclic) bond motifs is 10. The van der Waals surface area contributed by atoms with Gasteiger partial charge in [-0.25, -0.2) is 0 Å². The molecule has 0 aliphatic carbocycles. The molecule has 192 valence electrons. The van der Waals surface area contributed by atoms with Gasteiger partial charge in [0.05, 0.1) is 59.9 Å². The number of likely N-dealkylation sites (tertiary alicyclic amines) is 2. The first kappa shape index (κ1) is 24.3. The fourth-order valence-corrected chi connectivity index (χ4v) is 6.31. The maximum absolute atomic E-state index is 12.3. The number of rotatable bonds is 6. The van der Waals surface area contributed by atoms with Crippen LogP contribution in [0.2, 0.25) is 0 Å². The minimum Gasteiger partial charge on any atom is -0.481 e. The zero-order valence-corrected chi connectivity index (χ0v) is 19.7. The molecular formula is C24H26N2O10. The molecule has 0 aromatic rings. The second kappa shape index (κ2) is 8.07. The van der Waals surface area contributed by atoms with Crippen molar-refractivity contribution in [3.63, 3.8) is 0 Å². The first-order valence-electron chi connectivity index (χ1n) is 11.8. The van der Waals surface area contributed by atoms with Crippen LogP contribution < -0.4 is 0 Å². The standard InChI is InChI=1S/C13H15NO5.C11H11NO5/c1-12-4-5-13(2,19-12)9-8(12)10(17)14(11(9)18)6-3-7(15)16;13-7(14)3-4-12-10(15)8-5-1-2-6(17-5)9(8)11(12)16/h4-5,8-9H,3,6H2,1-2H3,(H,15,16);1-2,5-6,8-9H,3-4H2,(H,13,14)/t8-,9+,12-,13+;5-,6-,8-,9+/m.1/s1. The van der Waals surface area contributed by atoms with Gasteiger partial charge >= 0.3 is 11.9 Å². The Morgan fingerprint density at radius 1 is 0.778 bits per heavy atom. The summed E-state index contributed by atoms with van der Waals surface area (Å²) in [6.07, 6.45) is 6.22. The van der Waals surface area contributed by atoms with E-state index in [2.05, 4.69) is 0 Å². The number of carbonyl (C=O) groups is 6. The van der Waals surface area contributed by atoms with E-state index in [-0.39, 0.29) is 61.8 Å². The summed E-state index contributed by atoms with van der Waals surface area (Å²) in [6, 6.07) is 0. The van der Waals surface area contributed by atoms with E-state index < -0.39 is 46.8 Å². The van der Waals surface area contributed by atoms with Gasteiger partial charge in [-0.3, -0.25) is 38.6 Å². The van der Waals surface area contributed by atoms with Gasteiger partial charge in [-0.1, -0.05) is 24.3 Å². The predicted molar refractivity (Wildman–Crippen MR) is 117 cm³/mol. The monoisotopic (exact) mass is 502 g/mol. The number of hydrogen-bond acceptors (Lipinski definition) is 8. The Labute approximate surface area is 205 Å². The predicted octanol–water partition coefficient (Wildman–Crippen LogP) is -0.421. The normalized spacial score (nSPS) is 40.7. The van der Waals surface area contributed by atoms with Gasteiger partial charge in [0.25, 0.3) is 0 Å². The third-order valence-electron chi connectivity index (χ3n) is 7.92. The van der Waals surface area contributed by atoms with E-state index in [1.165, 1.54) is 0 Å². The molecule has 6 heterocycles. The maximum Gasteiger partial charge on any atom is 0.305 e. The van der Waals surface area contributed by atoms with Crippen molar-refractivity contribution in [1.82, 2.24) is 9.80 Å². The number of imide groups is 2. The summed E-state index contributed by atoms with van der Waals surface area (Å²) in [4.78, 5) is 71.9. The van der Waals surface area contributed by atoms with Gasteiger partial charge in [-0.05, 0) is 13.8 Å². The average molecular weight is 502 g/mol. The van der Waals surface area contributed by atoms with Gasteiger partial charge in [-0.2, -0.15) is 0 Å². The van der Waals surface area contributed by atoms with E-state index >= 15 is 0 Å². The van der Waals surface area contributed by atoms with Crippen LogP contribution in [0.4, 0.5) is 0 Å². The Bertz CT molecular complexity index is 1080. The lowest BCUT2D eigenvalue weighted by Gasteiger charge is -2.24. The second-order valence-corrected chi connectivity index (χ2v) is 10.2. The molecule has 0 unspecified atom stereocenters. The number of amides is 4. The van der Waals surface area contributed by atoms with Crippen LogP contribution in [0.3, 0.4) is 0 Å². The minimum absolute atomic E-state index is 0.0422. The van der Waals surface area contributed by atoms with Crippen LogP contribution in [-0.4, -0.2) is 92.1 Å². The van der Waals surface area contributed by atoms with Crippen LogP contribution in [0.25, 0.3) is 0 Å². The molecule has 6 aliphatic heterocycles. The number of carbonyl (C=O) groups excluding carboxylic acids is 4. The van der Waals surface area contributed by atoms with E-state index in [0.29, 0.717) is 0 Å². The largest absolute Gasteiger partial charge is 0.481 e. The molecule has 0 saturated carbocycles. The molecule has 4 amide bonds. The number of aliphatic carboxylic acids is 2. The quantitative estimate of drug-likeness (QED) is 0.359. The molecule has 4 saturated heterocycles. The molecule has 12 nitrogen and oxygen atoms in total. The molecule has 2 N–H and O–H groups in total. The highest BCUT2D eigenvalue weighted by molar-refractivity contribution is 6.08. The number of hydrogen-bond donors (Lipinski definition) is 2. The highest BCUT2D eigenvalue weighted by Gasteiger charge is 2.70. The minimum atomic E-state index is -1.02. The number of carboxylic acids is 2. The zero-order chi connectivity index (χ0) is 26.2. The summed E-state index contributed by atoms with van der Waals surface area (Å²) in [7, 11) is 0. The summed E-state index contributed by atoms with van der Waals surface area (Å²) < 4.78 is 11.3. The molecule has 0 radical (unpaired) electrons. The molecule has 4 bridgehead atoms. The van der Waals surface area contributed by atoms with E-state index in [1.54, 1.807) is 26.0 Å². The number of ether oxygens (including phenoxy) is 2. The third-order valence-corrected chi connectivity index (χ3v) is 7.92. The Hall–Kier alpha value is -3.38. The average Bonchev–Trinajstić information content (AvgIpc) is 3.60. The Morgan fingerprint density at radius 3 is 1.56 bits per heavy atom. The van der Waals surface area contributed by atoms with Crippen molar-refractivity contribution >= 4 is 35.6 Å². The van der Waals surface area contributed by atoms with Gasteiger partial charge in [0.1, 0.15) is 0 Å². The van der Waals surface area contributed by atoms with Crippen molar-refractivity contribution in [1.29, 1.82) is 0 Å². The van der Waals surface area contributed by atoms with Crippen LogP contribution in [-0.2, 0) is 38.2 Å². The summed E-state index contributed by atoms with van der Waals surface area (Å²) in [5.74, 6) is -5.17. The smallest absolute Gasteiger partial charge is 0.305 e. The third kappa shape index (κ3) is 3.42. The molecule has 4 fully saturated rings. The summed E-state index contributed by atoms with van der Waals surface area (Å²) in [6.45, 7) is 3.49. The van der Waals surface area contributed by atoms with Crippen LogP contribution in [0.1, 0.15) is 26.7 Å². The van der Waals surface area contributed by atoms with Crippen LogP contribution in [0, 0.1) is 23.7 Å². The Morgan fingerprint density at radius 2 is 1.17 bits per heavy atom. The molecule has 6 aliphatic rings. The summed E-state index contributed by atoms with van der Waals surface area (Å²) >= 11 is 0. The van der Waals surface area contributed by atoms with Crippen molar-refractivity contribution in [2.75, 3.05) is 13.1 Å². The number of carboxylic acid groups (broad SMARTS) is 2. The summed E-state index contributed by atoms with van der Waals surface area (Å²) in [5, 5.41) is 17.3. The lowest BCUT2D eigenvalue weighted by Crippen LogP contribution is -2.40. The second-order valence-electron chi connectivity index (χ2n) is 10.2. The Kier molecular flexibility index (Phi) is 5.45. The molecule has 6 rings (SSSR count). The van der Waals surface area contributed by atoms with Gasteiger partial charge in [-0.15, -0.1) is 0 Å². The molecule has 8 atom stereocenters.